The lowest BCUT2D eigenvalue weighted by atomic mass is 10.1. The van der Waals surface area contributed by atoms with Gasteiger partial charge in [0.2, 0.25) is 0 Å². The van der Waals surface area contributed by atoms with Crippen LogP contribution in [0.5, 0.6) is 0 Å². The van der Waals surface area contributed by atoms with Crippen molar-refractivity contribution >= 4 is 82.0 Å². The van der Waals surface area contributed by atoms with E-state index in [1.807, 2.05) is 72.7 Å². The number of Topliss-reactive ketones (excluding diaryl/α,β-unsaturated/α-hetero) is 1. The van der Waals surface area contributed by atoms with Crippen LogP contribution in [0.4, 0.5) is 11.4 Å². The number of hydrogen-bond donors (Lipinski definition) is 1. The smallest absolute Gasteiger partial charge is 0.283 e. The molecule has 0 amide bonds. The summed E-state index contributed by atoms with van der Waals surface area (Å²) in [5.41, 5.74) is 7.21. The number of anilines is 2. The highest BCUT2D eigenvalue weighted by molar-refractivity contribution is 9.10. The van der Waals surface area contributed by atoms with Crippen LogP contribution >= 0.6 is 27.5 Å². The fourth-order valence-electron chi connectivity index (χ4n) is 5.97. The first-order valence-corrected chi connectivity index (χ1v) is 20.6. The number of aromatic nitrogens is 2. The number of allylic oxidation sites excluding steroid dienone is 2. The zero-order valence-electron chi connectivity index (χ0n) is 28.3. The van der Waals surface area contributed by atoms with Crippen molar-refractivity contribution in [2.75, 3.05) is 40.9 Å². The van der Waals surface area contributed by atoms with Crippen LogP contribution in [0.25, 0.3) is 17.1 Å². The first-order valence-electron chi connectivity index (χ1n) is 16.3. The second kappa shape index (κ2) is 16.5. The minimum atomic E-state index is -4.38. The van der Waals surface area contributed by atoms with Gasteiger partial charge in [-0.1, -0.05) is 31.5 Å². The number of benzene rings is 2. The van der Waals surface area contributed by atoms with Crippen LogP contribution in [0.2, 0.25) is 5.02 Å². The number of fused-ring (bicyclic) bond motifs is 2. The second-order valence-corrected chi connectivity index (χ2v) is 16.0. The maximum atomic E-state index is 12.8. The minimum Gasteiger partial charge on any atom is -0.748 e. The maximum Gasteiger partial charge on any atom is 0.283 e. The van der Waals surface area contributed by atoms with E-state index in [-0.39, 0.29) is 24.4 Å². The summed E-state index contributed by atoms with van der Waals surface area (Å²) in [7, 11) is -8.18. The molecule has 4 rings (SSSR count). The van der Waals surface area contributed by atoms with Crippen LogP contribution in [-0.2, 0) is 37.6 Å². The number of hydrogen-bond acceptors (Lipinski definition) is 10. The number of aryl methyl sites for hydroxylation is 3. The number of nitrogens with one attached hydrogen (secondary N) is 1. The van der Waals surface area contributed by atoms with Crippen molar-refractivity contribution in [3.05, 3.63) is 68.7 Å². The van der Waals surface area contributed by atoms with Gasteiger partial charge in [0.1, 0.15) is 5.82 Å². The molecule has 0 bridgehead atoms. The summed E-state index contributed by atoms with van der Waals surface area (Å²) in [4.78, 5) is 16.9. The zero-order chi connectivity index (χ0) is 36.1. The Balaban J connectivity index is 1.82. The van der Waals surface area contributed by atoms with Crippen molar-refractivity contribution in [2.45, 2.75) is 67.0 Å². The van der Waals surface area contributed by atoms with Crippen LogP contribution in [0.1, 0.15) is 68.7 Å². The van der Waals surface area contributed by atoms with Crippen molar-refractivity contribution in [1.29, 1.82) is 0 Å². The fraction of sp³-hybridized carbons (Fsp3) is 0.455. The Morgan fingerprint density at radius 2 is 1.73 bits per heavy atom. The third-order valence-electron chi connectivity index (χ3n) is 8.22. The van der Waals surface area contributed by atoms with Gasteiger partial charge in [-0.05, 0) is 66.9 Å². The predicted molar refractivity (Wildman–Crippen MR) is 196 cm³/mol. The summed E-state index contributed by atoms with van der Waals surface area (Å²) in [5, 5.41) is 0.606. The van der Waals surface area contributed by atoms with Gasteiger partial charge in [-0.3, -0.25) is 4.79 Å². The van der Waals surface area contributed by atoms with Gasteiger partial charge in [0, 0.05) is 71.5 Å². The topological polar surface area (TPSA) is 145 Å². The molecule has 1 N–H and O–H groups in total. The zero-order valence-corrected chi connectivity index (χ0v) is 32.3. The molecule has 12 nitrogen and oxygen atoms in total. The fourth-order valence-corrected chi connectivity index (χ4v) is 8.02. The summed E-state index contributed by atoms with van der Waals surface area (Å²) in [6.45, 7) is 11.6. The van der Waals surface area contributed by atoms with E-state index in [0.29, 0.717) is 54.2 Å². The molecule has 0 fully saturated rings. The maximum absolute atomic E-state index is 12.8. The van der Waals surface area contributed by atoms with E-state index >= 15 is 0 Å². The largest absolute Gasteiger partial charge is 0.748 e. The molecule has 1 aliphatic heterocycles. The molecule has 2 heterocycles. The quantitative estimate of drug-likeness (QED) is 0.0786. The van der Waals surface area contributed by atoms with E-state index < -0.39 is 26.0 Å². The van der Waals surface area contributed by atoms with Gasteiger partial charge in [0.15, 0.2) is 16.8 Å². The molecule has 0 unspecified atom stereocenters. The highest BCUT2D eigenvalue weighted by atomic mass is 79.9. The molecule has 0 saturated heterocycles. The molecule has 49 heavy (non-hydrogen) atoms. The number of carbonyl (C=O) groups excluding carboxylic acids is 1. The molecular weight excluding hydrogens is 758 g/mol. The lowest BCUT2D eigenvalue weighted by molar-refractivity contribution is -0.673. The molecule has 268 valence electrons. The van der Waals surface area contributed by atoms with Crippen LogP contribution in [0, 0.1) is 6.92 Å². The van der Waals surface area contributed by atoms with Gasteiger partial charge in [0.05, 0.1) is 40.3 Å². The van der Waals surface area contributed by atoms with Gasteiger partial charge < -0.3 is 14.4 Å². The predicted octanol–water partition coefficient (Wildman–Crippen LogP) is 5.66. The number of hydroxylamine groups is 1. The van der Waals surface area contributed by atoms with E-state index in [0.717, 1.165) is 39.6 Å². The minimum absolute atomic E-state index is 0.0197. The Morgan fingerprint density at radius 3 is 2.37 bits per heavy atom. The number of carbonyl (C=O) groups is 1. The van der Waals surface area contributed by atoms with E-state index in [1.54, 1.807) is 13.8 Å². The third kappa shape index (κ3) is 9.12. The average molecular weight is 801 g/mol. The summed E-state index contributed by atoms with van der Waals surface area (Å²) in [6.07, 6.45) is 6.49. The van der Waals surface area contributed by atoms with E-state index in [4.69, 9.17) is 15.9 Å². The summed E-state index contributed by atoms with van der Waals surface area (Å²) < 4.78 is 68.8. The highest BCUT2D eigenvalue weighted by Crippen LogP contribution is 2.44. The Labute approximate surface area is 302 Å². The van der Waals surface area contributed by atoms with E-state index in [1.165, 1.54) is 0 Å². The normalized spacial score (nSPS) is 14.6. The molecule has 0 atom stereocenters. The number of ketones is 1. The molecule has 0 spiro atoms. The number of rotatable bonds is 17. The van der Waals surface area contributed by atoms with Crippen LogP contribution in [0.3, 0.4) is 0 Å². The second-order valence-electron chi connectivity index (χ2n) is 11.5. The van der Waals surface area contributed by atoms with Crippen molar-refractivity contribution in [1.82, 2.24) is 10.0 Å². The Kier molecular flexibility index (Phi) is 13.1. The van der Waals surface area contributed by atoms with Crippen molar-refractivity contribution in [3.8, 4) is 0 Å². The summed E-state index contributed by atoms with van der Waals surface area (Å²) in [6, 6.07) is 7.62. The molecule has 1 aliphatic rings. The van der Waals surface area contributed by atoms with Gasteiger partial charge in [-0.15, -0.1) is 0 Å². The molecular formula is C33H43BrClN5O7S2. The standard InChI is InChI=1S/C33H43BrClN5O7S2/c1-6-31(41)24-20-28-29(21-25(24)34)37(8-3)32(40(28)16-12-18-49(45,46)47-36-7-2)13-10-14-33-38(9-4)30-22-26(35)23(5)19-27(30)39(33)15-11-17-48(42,43)44/h10,13-14,19-22,36H,6-9,11-12,15-18H2,1-5H3. The molecule has 1 aromatic heterocycles. The molecule has 0 saturated carbocycles. The van der Waals surface area contributed by atoms with Gasteiger partial charge in [-0.2, -0.15) is 18.2 Å². The van der Waals surface area contributed by atoms with Gasteiger partial charge in [-0.25, -0.2) is 17.6 Å². The van der Waals surface area contributed by atoms with Gasteiger partial charge >= 0.3 is 0 Å². The molecule has 3 aromatic rings. The van der Waals surface area contributed by atoms with Crippen molar-refractivity contribution in [3.63, 3.8) is 0 Å². The van der Waals surface area contributed by atoms with Crippen molar-refractivity contribution in [2.24, 2.45) is 0 Å². The summed E-state index contributed by atoms with van der Waals surface area (Å²) >= 11 is 10.1. The molecule has 2 aromatic carbocycles. The lowest BCUT2D eigenvalue weighted by Crippen LogP contribution is -2.38. The Morgan fingerprint density at radius 1 is 1.02 bits per heavy atom. The molecule has 0 radical (unpaired) electrons. The third-order valence-corrected chi connectivity index (χ3v) is 11.2. The number of imidazole rings is 1. The highest BCUT2D eigenvalue weighted by Gasteiger charge is 2.31. The number of nitrogens with zero attached hydrogens (tertiary/aromatic N) is 4. The Bertz CT molecular complexity index is 2000. The van der Waals surface area contributed by atoms with Crippen LogP contribution < -0.4 is 19.8 Å². The monoisotopic (exact) mass is 799 g/mol. The van der Waals surface area contributed by atoms with E-state index in [2.05, 4.69) is 30.9 Å². The number of halogens is 2. The van der Waals surface area contributed by atoms with Crippen LogP contribution in [-0.4, -0.2) is 62.9 Å². The SMILES string of the molecule is CCNOS(=O)(=O)CCC[n+]1c(/C=C/C=C2\N(CC)c3cc(Cl)c(C)cc3N2CCCS(=O)(=O)[O-])n(CC)c2cc(Br)c(C(=O)CC)cc21. The average Bonchev–Trinajstić information content (AvgIpc) is 3.48. The first-order chi connectivity index (χ1) is 23.2. The molecule has 16 heteroatoms. The summed E-state index contributed by atoms with van der Waals surface area (Å²) in [5.74, 6) is 0.859. The Hall–Kier alpha value is -2.79. The van der Waals surface area contributed by atoms with E-state index in [9.17, 15) is 26.2 Å². The molecule has 0 aliphatic carbocycles. The lowest BCUT2D eigenvalue weighted by Gasteiger charge is -2.24. The van der Waals surface area contributed by atoms with Crippen LogP contribution in [0.15, 0.2) is 46.7 Å². The first kappa shape index (κ1) is 39.0. The van der Waals surface area contributed by atoms with Crippen molar-refractivity contribution < 1.29 is 35.0 Å². The van der Waals surface area contributed by atoms with Gasteiger partial charge in [0.25, 0.3) is 15.9 Å².